The van der Waals surface area contributed by atoms with Crippen LogP contribution >= 0.6 is 0 Å². The number of halogens is 1. The number of hydrogen-bond acceptors (Lipinski definition) is 6. The Morgan fingerprint density at radius 3 is 2.36 bits per heavy atom. The predicted molar refractivity (Wildman–Crippen MR) is 124 cm³/mol. The summed E-state index contributed by atoms with van der Waals surface area (Å²) in [6.07, 6.45) is 0.831. The second kappa shape index (κ2) is 12.2. The van der Waals surface area contributed by atoms with Gasteiger partial charge in [-0.1, -0.05) is 12.1 Å². The first kappa shape index (κ1) is 27.6. The number of carbonyl (C=O) groups excluding carboxylic acids is 1. The molecule has 1 amide bonds. The number of ether oxygens (including phenoxy) is 1. The summed E-state index contributed by atoms with van der Waals surface area (Å²) in [5.74, 6) is -0.989. The van der Waals surface area contributed by atoms with E-state index in [1.165, 1.54) is 30.5 Å². The van der Waals surface area contributed by atoms with Gasteiger partial charge in [0, 0.05) is 39.3 Å². The Balaban J connectivity index is 2.25. The average Bonchev–Trinajstić information content (AvgIpc) is 2.80. The van der Waals surface area contributed by atoms with Crippen molar-refractivity contribution >= 4 is 26.0 Å². The lowest BCUT2D eigenvalue weighted by atomic mass is 10.0. The molecule has 1 fully saturated rings. The molecule has 1 heterocycles. The number of rotatable bonds is 12. The second-order valence-electron chi connectivity index (χ2n) is 7.91. The Morgan fingerprint density at radius 1 is 1.15 bits per heavy atom. The average molecular weight is 508 g/mol. The molecule has 0 bridgehead atoms. The Hall–Kier alpha value is -1.60. The van der Waals surface area contributed by atoms with Crippen LogP contribution in [0.5, 0.6) is 0 Å². The molecule has 0 N–H and O–H groups in total. The molecule has 0 radical (unpaired) electrons. The van der Waals surface area contributed by atoms with Crippen molar-refractivity contribution in [3.05, 3.63) is 35.6 Å². The van der Waals surface area contributed by atoms with E-state index in [2.05, 4.69) is 0 Å². The van der Waals surface area contributed by atoms with E-state index in [0.717, 1.165) is 4.31 Å². The van der Waals surface area contributed by atoms with Crippen molar-refractivity contribution in [1.82, 2.24) is 13.5 Å². The molecule has 0 saturated carbocycles. The summed E-state index contributed by atoms with van der Waals surface area (Å²) in [7, 11) is -5.52. The molecule has 0 unspecified atom stereocenters. The van der Waals surface area contributed by atoms with Crippen LogP contribution in [0.4, 0.5) is 4.39 Å². The van der Waals surface area contributed by atoms with Gasteiger partial charge in [0.2, 0.25) is 26.0 Å². The number of hydrogen-bond donors (Lipinski definition) is 0. The van der Waals surface area contributed by atoms with E-state index in [1.807, 2.05) is 0 Å². The van der Waals surface area contributed by atoms with Crippen molar-refractivity contribution in [3.8, 4) is 0 Å². The molecule has 1 aliphatic heterocycles. The number of sulfonamides is 2. The number of amides is 1. The number of benzene rings is 1. The molecule has 1 aromatic carbocycles. The topological polar surface area (TPSA) is 104 Å². The lowest BCUT2D eigenvalue weighted by Crippen LogP contribution is -2.51. The molecule has 1 aromatic rings. The highest BCUT2D eigenvalue weighted by atomic mass is 32.2. The van der Waals surface area contributed by atoms with Crippen LogP contribution in [-0.2, 0) is 36.1 Å². The third-order valence-electron chi connectivity index (χ3n) is 5.80. The van der Waals surface area contributed by atoms with E-state index >= 15 is 0 Å². The minimum absolute atomic E-state index is 0.00689. The van der Waals surface area contributed by atoms with E-state index in [-0.39, 0.29) is 56.9 Å². The third kappa shape index (κ3) is 7.71. The van der Waals surface area contributed by atoms with Crippen LogP contribution in [0.15, 0.2) is 24.3 Å². The zero-order chi connectivity index (χ0) is 24.6. The van der Waals surface area contributed by atoms with Gasteiger partial charge in [-0.2, -0.15) is 4.31 Å². The molecule has 33 heavy (non-hydrogen) atoms. The van der Waals surface area contributed by atoms with E-state index in [1.54, 1.807) is 24.0 Å². The highest BCUT2D eigenvalue weighted by molar-refractivity contribution is 7.89. The molecule has 0 atom stereocenters. The van der Waals surface area contributed by atoms with Crippen molar-refractivity contribution < 1.29 is 30.8 Å². The van der Waals surface area contributed by atoms with Crippen molar-refractivity contribution in [1.29, 1.82) is 0 Å². The molecule has 188 valence electrons. The summed E-state index contributed by atoms with van der Waals surface area (Å²) >= 11 is 0. The van der Waals surface area contributed by atoms with Crippen LogP contribution in [0, 0.1) is 5.82 Å². The Morgan fingerprint density at radius 2 is 1.82 bits per heavy atom. The molecule has 0 aliphatic carbocycles. The summed E-state index contributed by atoms with van der Waals surface area (Å²) in [5.41, 5.74) is 0.578. The number of carbonyl (C=O) groups is 1. The Bertz CT molecular complexity index is 995. The molecule has 0 aromatic heterocycles. The van der Waals surface area contributed by atoms with Crippen molar-refractivity contribution in [2.45, 2.75) is 39.3 Å². The summed E-state index contributed by atoms with van der Waals surface area (Å²) < 4.78 is 70.7. The van der Waals surface area contributed by atoms with E-state index < -0.39 is 31.8 Å². The molecular weight excluding hydrogens is 473 g/mol. The first-order chi connectivity index (χ1) is 15.5. The molecular formula is C21H34FN3O6S2. The summed E-state index contributed by atoms with van der Waals surface area (Å²) in [6, 6.07) is 5.60. The maximum absolute atomic E-state index is 13.8. The van der Waals surface area contributed by atoms with E-state index in [4.69, 9.17) is 4.74 Å². The summed E-state index contributed by atoms with van der Waals surface area (Å²) in [5, 5.41) is 0. The molecule has 1 saturated heterocycles. The van der Waals surface area contributed by atoms with Gasteiger partial charge in [0.05, 0.1) is 24.7 Å². The molecule has 1 aliphatic rings. The predicted octanol–water partition coefficient (Wildman–Crippen LogP) is 1.27. The van der Waals surface area contributed by atoms with Gasteiger partial charge in [0.25, 0.3) is 0 Å². The van der Waals surface area contributed by atoms with Crippen LogP contribution in [-0.4, -0.2) is 93.7 Å². The quantitative estimate of drug-likeness (QED) is 0.422. The van der Waals surface area contributed by atoms with Gasteiger partial charge in [0.1, 0.15) is 5.82 Å². The van der Waals surface area contributed by atoms with Gasteiger partial charge in [0.15, 0.2) is 0 Å². The number of nitrogens with zero attached hydrogens (tertiary/aromatic N) is 3. The molecule has 9 nitrogen and oxygen atoms in total. The minimum atomic E-state index is -3.64. The van der Waals surface area contributed by atoms with Gasteiger partial charge in [-0.3, -0.25) is 4.79 Å². The summed E-state index contributed by atoms with van der Waals surface area (Å²) in [4.78, 5) is 14.9. The van der Waals surface area contributed by atoms with Crippen LogP contribution in [0.3, 0.4) is 0 Å². The van der Waals surface area contributed by atoms with E-state index in [9.17, 15) is 26.0 Å². The zero-order valence-electron chi connectivity index (χ0n) is 19.4. The van der Waals surface area contributed by atoms with Gasteiger partial charge in [-0.25, -0.2) is 25.5 Å². The summed E-state index contributed by atoms with van der Waals surface area (Å²) in [6.45, 7) is 3.57. The first-order valence-electron chi connectivity index (χ1n) is 11.0. The molecule has 2 rings (SSSR count). The van der Waals surface area contributed by atoms with E-state index in [0.29, 0.717) is 18.4 Å². The van der Waals surface area contributed by atoms with Crippen molar-refractivity contribution in [2.75, 3.05) is 51.4 Å². The van der Waals surface area contributed by atoms with Gasteiger partial charge in [-0.15, -0.1) is 0 Å². The van der Waals surface area contributed by atoms with Crippen molar-refractivity contribution in [2.24, 2.45) is 0 Å². The highest BCUT2D eigenvalue weighted by Gasteiger charge is 2.33. The Kier molecular flexibility index (Phi) is 10.2. The standard InChI is InChI=1S/C21H34FN3O6S2/c1-4-32(27,28)23-11-9-20(10-12-23)25(16-18-7-6-8-19(22)15-18)21(26)17-24(13-14-31-3)33(29,30)5-2/h6-8,15,20H,4-5,9-14,16-17H2,1-3H3. The third-order valence-corrected chi connectivity index (χ3v) is 9.51. The largest absolute Gasteiger partial charge is 0.383 e. The minimum Gasteiger partial charge on any atom is -0.383 e. The fourth-order valence-corrected chi connectivity index (χ4v) is 5.96. The zero-order valence-corrected chi connectivity index (χ0v) is 21.1. The number of methoxy groups -OCH3 is 1. The fourth-order valence-electron chi connectivity index (χ4n) is 3.80. The maximum Gasteiger partial charge on any atom is 0.238 e. The SMILES string of the molecule is CCS(=O)(=O)N1CCC(N(Cc2cccc(F)c2)C(=O)CN(CCOC)S(=O)(=O)CC)CC1. The van der Waals surface area contributed by atoms with Gasteiger partial charge in [-0.05, 0) is 44.4 Å². The lowest BCUT2D eigenvalue weighted by molar-refractivity contribution is -0.135. The van der Waals surface area contributed by atoms with Crippen molar-refractivity contribution in [3.63, 3.8) is 0 Å². The highest BCUT2D eigenvalue weighted by Crippen LogP contribution is 2.22. The Labute approximate surface area is 196 Å². The first-order valence-corrected chi connectivity index (χ1v) is 14.2. The normalized spacial score (nSPS) is 16.3. The van der Waals surface area contributed by atoms with Gasteiger partial charge < -0.3 is 9.64 Å². The maximum atomic E-state index is 13.8. The monoisotopic (exact) mass is 507 g/mol. The number of piperidine rings is 1. The van der Waals surface area contributed by atoms with Crippen LogP contribution < -0.4 is 0 Å². The van der Waals surface area contributed by atoms with Gasteiger partial charge >= 0.3 is 0 Å². The van der Waals surface area contributed by atoms with Crippen LogP contribution in [0.2, 0.25) is 0 Å². The second-order valence-corrected chi connectivity index (χ2v) is 12.4. The smallest absolute Gasteiger partial charge is 0.238 e. The molecule has 12 heteroatoms. The lowest BCUT2D eigenvalue weighted by Gasteiger charge is -2.39. The van der Waals surface area contributed by atoms with Crippen LogP contribution in [0.25, 0.3) is 0 Å². The molecule has 0 spiro atoms. The fraction of sp³-hybridized carbons (Fsp3) is 0.667. The van der Waals surface area contributed by atoms with Crippen LogP contribution in [0.1, 0.15) is 32.3 Å².